The molecular formula is C15H21ClFN. The van der Waals surface area contributed by atoms with Gasteiger partial charge < -0.3 is 5.73 Å². The quantitative estimate of drug-likeness (QED) is 0.875. The average molecular weight is 270 g/mol. The summed E-state index contributed by atoms with van der Waals surface area (Å²) in [5, 5.41) is 0.191. The molecule has 0 radical (unpaired) electrons. The number of rotatable bonds is 3. The molecule has 18 heavy (non-hydrogen) atoms. The summed E-state index contributed by atoms with van der Waals surface area (Å²) in [7, 11) is 0. The molecule has 0 amide bonds. The minimum atomic E-state index is -0.361. The summed E-state index contributed by atoms with van der Waals surface area (Å²) < 4.78 is 13.1. The van der Waals surface area contributed by atoms with Crippen molar-refractivity contribution in [3.63, 3.8) is 0 Å². The zero-order valence-electron chi connectivity index (χ0n) is 10.8. The van der Waals surface area contributed by atoms with Crippen LogP contribution < -0.4 is 5.73 Å². The van der Waals surface area contributed by atoms with Crippen LogP contribution in [0.4, 0.5) is 4.39 Å². The predicted octanol–water partition coefficient (Wildman–Crippen LogP) is 4.18. The van der Waals surface area contributed by atoms with Crippen LogP contribution in [0, 0.1) is 17.7 Å². The molecule has 1 aliphatic carbocycles. The molecule has 3 atom stereocenters. The van der Waals surface area contributed by atoms with Gasteiger partial charge in [-0.25, -0.2) is 4.39 Å². The van der Waals surface area contributed by atoms with Gasteiger partial charge in [-0.3, -0.25) is 0 Å². The molecule has 0 aromatic heterocycles. The van der Waals surface area contributed by atoms with Gasteiger partial charge in [-0.1, -0.05) is 37.4 Å². The van der Waals surface area contributed by atoms with Crippen LogP contribution in [-0.2, 0) is 6.42 Å². The number of hydrogen-bond donors (Lipinski definition) is 1. The summed E-state index contributed by atoms with van der Waals surface area (Å²) in [4.78, 5) is 0. The maximum absolute atomic E-state index is 13.1. The molecule has 1 nitrogen and oxygen atoms in total. The van der Waals surface area contributed by atoms with Gasteiger partial charge in [0.15, 0.2) is 0 Å². The normalized spacial score (nSPS) is 26.0. The van der Waals surface area contributed by atoms with Crippen LogP contribution in [0.5, 0.6) is 0 Å². The SMILES string of the molecule is CC1CCCC(C(N)Cc2ccc(F)c(Cl)c2)C1. The Hall–Kier alpha value is -0.600. The Morgan fingerprint density at radius 3 is 2.89 bits per heavy atom. The lowest BCUT2D eigenvalue weighted by Crippen LogP contribution is -2.35. The molecule has 0 saturated heterocycles. The maximum atomic E-state index is 13.1. The first-order valence-corrected chi connectivity index (χ1v) is 7.13. The summed E-state index contributed by atoms with van der Waals surface area (Å²) in [6.07, 6.45) is 5.84. The summed E-state index contributed by atoms with van der Waals surface area (Å²) in [6.45, 7) is 2.30. The molecule has 1 saturated carbocycles. The fourth-order valence-corrected chi connectivity index (χ4v) is 3.18. The third kappa shape index (κ3) is 3.46. The fourth-order valence-electron chi connectivity index (χ4n) is 2.98. The number of nitrogens with two attached hydrogens (primary N) is 1. The van der Waals surface area contributed by atoms with E-state index >= 15 is 0 Å². The highest BCUT2D eigenvalue weighted by Gasteiger charge is 2.24. The first kappa shape index (κ1) is 13.8. The highest BCUT2D eigenvalue weighted by Crippen LogP contribution is 2.31. The van der Waals surface area contributed by atoms with E-state index in [0.29, 0.717) is 5.92 Å². The summed E-state index contributed by atoms with van der Waals surface area (Å²) in [6, 6.07) is 5.07. The van der Waals surface area contributed by atoms with Crippen molar-refractivity contribution in [1.82, 2.24) is 0 Å². The summed E-state index contributed by atoms with van der Waals surface area (Å²) in [5.41, 5.74) is 7.33. The topological polar surface area (TPSA) is 26.0 Å². The molecule has 3 heteroatoms. The lowest BCUT2D eigenvalue weighted by atomic mass is 9.77. The lowest BCUT2D eigenvalue weighted by molar-refractivity contribution is 0.245. The Morgan fingerprint density at radius 1 is 1.44 bits per heavy atom. The standard InChI is InChI=1S/C15H21ClFN/c1-10-3-2-4-12(7-10)15(18)9-11-5-6-14(17)13(16)8-11/h5-6,8,10,12,15H,2-4,7,9,18H2,1H3. The Kier molecular flexibility index (Phi) is 4.63. The zero-order chi connectivity index (χ0) is 13.1. The van der Waals surface area contributed by atoms with Gasteiger partial charge in [-0.15, -0.1) is 0 Å². The van der Waals surface area contributed by atoms with Gasteiger partial charge in [-0.05, 0) is 48.8 Å². The van der Waals surface area contributed by atoms with E-state index in [-0.39, 0.29) is 16.9 Å². The molecule has 0 bridgehead atoms. The molecule has 0 heterocycles. The maximum Gasteiger partial charge on any atom is 0.141 e. The second kappa shape index (κ2) is 6.03. The van der Waals surface area contributed by atoms with E-state index in [4.69, 9.17) is 17.3 Å². The Balaban J connectivity index is 1.97. The third-order valence-corrected chi connectivity index (χ3v) is 4.33. The molecule has 1 aliphatic rings. The smallest absolute Gasteiger partial charge is 0.141 e. The molecule has 100 valence electrons. The van der Waals surface area contributed by atoms with Gasteiger partial charge in [0.1, 0.15) is 5.82 Å². The van der Waals surface area contributed by atoms with Gasteiger partial charge in [0.2, 0.25) is 0 Å². The van der Waals surface area contributed by atoms with Gasteiger partial charge >= 0.3 is 0 Å². The van der Waals surface area contributed by atoms with Crippen LogP contribution in [0.2, 0.25) is 5.02 Å². The first-order chi connectivity index (χ1) is 8.56. The molecule has 0 spiro atoms. The van der Waals surface area contributed by atoms with E-state index in [1.807, 2.05) is 0 Å². The highest BCUT2D eigenvalue weighted by atomic mass is 35.5. The molecule has 2 rings (SSSR count). The molecule has 1 aromatic carbocycles. The van der Waals surface area contributed by atoms with Crippen molar-refractivity contribution in [2.75, 3.05) is 0 Å². The van der Waals surface area contributed by atoms with Crippen LogP contribution >= 0.6 is 11.6 Å². The third-order valence-electron chi connectivity index (χ3n) is 4.04. The van der Waals surface area contributed by atoms with E-state index in [1.165, 1.54) is 31.7 Å². The van der Waals surface area contributed by atoms with E-state index in [9.17, 15) is 4.39 Å². The lowest BCUT2D eigenvalue weighted by Gasteiger charge is -2.31. The number of benzene rings is 1. The number of hydrogen-bond acceptors (Lipinski definition) is 1. The fraction of sp³-hybridized carbons (Fsp3) is 0.600. The van der Waals surface area contributed by atoms with Crippen molar-refractivity contribution >= 4 is 11.6 Å². The molecule has 1 aromatic rings. The van der Waals surface area contributed by atoms with E-state index in [2.05, 4.69) is 6.92 Å². The summed E-state index contributed by atoms with van der Waals surface area (Å²) >= 11 is 5.79. The molecular weight excluding hydrogens is 249 g/mol. The van der Waals surface area contributed by atoms with Crippen molar-refractivity contribution in [1.29, 1.82) is 0 Å². The van der Waals surface area contributed by atoms with Crippen molar-refractivity contribution in [3.8, 4) is 0 Å². The van der Waals surface area contributed by atoms with Crippen LogP contribution in [0.15, 0.2) is 18.2 Å². The van der Waals surface area contributed by atoms with E-state index in [1.54, 1.807) is 12.1 Å². The zero-order valence-corrected chi connectivity index (χ0v) is 11.6. The number of halogens is 2. The van der Waals surface area contributed by atoms with Crippen molar-refractivity contribution in [3.05, 3.63) is 34.6 Å². The van der Waals surface area contributed by atoms with Crippen molar-refractivity contribution in [2.24, 2.45) is 17.6 Å². The van der Waals surface area contributed by atoms with E-state index < -0.39 is 0 Å². The second-order valence-electron chi connectivity index (χ2n) is 5.65. The largest absolute Gasteiger partial charge is 0.327 e. The predicted molar refractivity (Wildman–Crippen MR) is 74.2 cm³/mol. The van der Waals surface area contributed by atoms with Crippen molar-refractivity contribution < 1.29 is 4.39 Å². The molecule has 1 fully saturated rings. The van der Waals surface area contributed by atoms with Gasteiger partial charge in [0.25, 0.3) is 0 Å². The minimum absolute atomic E-state index is 0.161. The Labute approximate surface area is 114 Å². The Morgan fingerprint density at radius 2 is 2.22 bits per heavy atom. The van der Waals surface area contributed by atoms with Crippen LogP contribution in [-0.4, -0.2) is 6.04 Å². The van der Waals surface area contributed by atoms with E-state index in [0.717, 1.165) is 17.9 Å². The van der Waals surface area contributed by atoms with Crippen LogP contribution in [0.3, 0.4) is 0 Å². The van der Waals surface area contributed by atoms with Crippen LogP contribution in [0.1, 0.15) is 38.2 Å². The van der Waals surface area contributed by atoms with Gasteiger partial charge in [0.05, 0.1) is 5.02 Å². The van der Waals surface area contributed by atoms with Crippen molar-refractivity contribution in [2.45, 2.75) is 45.1 Å². The minimum Gasteiger partial charge on any atom is -0.327 e. The van der Waals surface area contributed by atoms with Gasteiger partial charge in [0, 0.05) is 6.04 Å². The summed E-state index contributed by atoms with van der Waals surface area (Å²) in [5.74, 6) is 1.02. The van der Waals surface area contributed by atoms with Crippen LogP contribution in [0.25, 0.3) is 0 Å². The molecule has 0 aliphatic heterocycles. The highest BCUT2D eigenvalue weighted by molar-refractivity contribution is 6.30. The monoisotopic (exact) mass is 269 g/mol. The second-order valence-corrected chi connectivity index (χ2v) is 6.06. The Bertz CT molecular complexity index is 407. The molecule has 3 unspecified atom stereocenters. The average Bonchev–Trinajstić information content (AvgIpc) is 2.34. The first-order valence-electron chi connectivity index (χ1n) is 6.75. The van der Waals surface area contributed by atoms with Gasteiger partial charge in [-0.2, -0.15) is 0 Å². The molecule has 2 N–H and O–H groups in total.